The van der Waals surface area contributed by atoms with Crippen molar-refractivity contribution in [1.29, 1.82) is 0 Å². The Hall–Kier alpha value is -0.950. The van der Waals surface area contributed by atoms with Crippen molar-refractivity contribution < 1.29 is 9.53 Å². The summed E-state index contributed by atoms with van der Waals surface area (Å²) in [4.78, 5) is 16.4. The van der Waals surface area contributed by atoms with E-state index in [0.29, 0.717) is 12.6 Å². The highest BCUT2D eigenvalue weighted by atomic mass is 32.1. The predicted molar refractivity (Wildman–Crippen MR) is 97.2 cm³/mol. The summed E-state index contributed by atoms with van der Waals surface area (Å²) < 4.78 is 5.68. The number of piperidine rings is 1. The molecule has 2 saturated heterocycles. The largest absolute Gasteiger partial charge is 0.376 e. The summed E-state index contributed by atoms with van der Waals surface area (Å²) in [5.74, 6) is 0.361. The van der Waals surface area contributed by atoms with Crippen molar-refractivity contribution in [2.45, 2.75) is 44.9 Å². The minimum absolute atomic E-state index is 0.147. The van der Waals surface area contributed by atoms with Crippen LogP contribution >= 0.6 is 11.3 Å². The molecule has 0 bridgehead atoms. The number of thiophene rings is 1. The molecule has 6 heteroatoms. The molecule has 24 heavy (non-hydrogen) atoms. The van der Waals surface area contributed by atoms with Crippen molar-refractivity contribution in [3.8, 4) is 0 Å². The molecule has 2 aliphatic heterocycles. The third-order valence-electron chi connectivity index (χ3n) is 5.05. The Kier molecular flexibility index (Phi) is 6.27. The quantitative estimate of drug-likeness (QED) is 0.852. The lowest BCUT2D eigenvalue weighted by atomic mass is 9.92. The molecule has 5 nitrogen and oxygen atoms in total. The van der Waals surface area contributed by atoms with Crippen LogP contribution in [0.5, 0.6) is 0 Å². The summed E-state index contributed by atoms with van der Waals surface area (Å²) in [6, 6.07) is 4.95. The normalized spacial score (nSPS) is 30.0. The average molecular weight is 352 g/mol. The van der Waals surface area contributed by atoms with Gasteiger partial charge in [-0.3, -0.25) is 9.69 Å². The molecule has 0 aromatic carbocycles. The Balaban J connectivity index is 1.60. The van der Waals surface area contributed by atoms with Crippen LogP contribution in [0.4, 0.5) is 0 Å². The summed E-state index contributed by atoms with van der Waals surface area (Å²) in [5, 5.41) is 8.75. The number of carbonyl (C=O) groups excluding carboxylic acids is 1. The molecule has 2 unspecified atom stereocenters. The minimum atomic E-state index is 0.147. The molecule has 134 valence electrons. The molecular weight excluding hydrogens is 322 g/mol. The molecule has 3 heterocycles. The van der Waals surface area contributed by atoms with Gasteiger partial charge in [-0.2, -0.15) is 0 Å². The maximum Gasteiger partial charge on any atom is 0.223 e. The third kappa shape index (κ3) is 4.57. The number of hydrogen-bond acceptors (Lipinski definition) is 5. The fourth-order valence-corrected chi connectivity index (χ4v) is 4.59. The van der Waals surface area contributed by atoms with E-state index in [0.717, 1.165) is 39.1 Å². The van der Waals surface area contributed by atoms with E-state index in [9.17, 15) is 4.79 Å². The Morgan fingerprint density at radius 1 is 1.54 bits per heavy atom. The topological polar surface area (TPSA) is 53.6 Å². The molecule has 0 spiro atoms. The van der Waals surface area contributed by atoms with E-state index >= 15 is 0 Å². The Morgan fingerprint density at radius 3 is 3.12 bits per heavy atom. The third-order valence-corrected chi connectivity index (χ3v) is 6.02. The van der Waals surface area contributed by atoms with Gasteiger partial charge in [0.05, 0.1) is 18.8 Å². The van der Waals surface area contributed by atoms with Crippen LogP contribution in [0.15, 0.2) is 17.5 Å². The molecule has 2 fully saturated rings. The standard InChI is InChI=1S/C18H29N3O2S/c1-13-10-15(5-6-19-13)18(22)20-11-16(17-4-3-9-24-17)21-7-8-23-14(2)12-21/h3-4,9,13-16,19H,5-8,10-12H2,1-2H3,(H,20,22)/t13-,14?,15-,16?/m0/s1. The van der Waals surface area contributed by atoms with E-state index in [1.54, 1.807) is 11.3 Å². The molecule has 3 rings (SSSR count). The average Bonchev–Trinajstić information content (AvgIpc) is 3.09. The van der Waals surface area contributed by atoms with Crippen LogP contribution < -0.4 is 10.6 Å². The Labute approximate surface area is 148 Å². The molecule has 1 aromatic rings. The maximum absolute atomic E-state index is 12.6. The van der Waals surface area contributed by atoms with Gasteiger partial charge >= 0.3 is 0 Å². The number of nitrogens with zero attached hydrogens (tertiary/aromatic N) is 1. The van der Waals surface area contributed by atoms with Gasteiger partial charge in [-0.1, -0.05) is 6.07 Å². The summed E-state index contributed by atoms with van der Waals surface area (Å²) in [6.07, 6.45) is 2.13. The van der Waals surface area contributed by atoms with E-state index in [1.165, 1.54) is 4.88 Å². The second-order valence-corrected chi connectivity index (χ2v) is 8.01. The fourth-order valence-electron chi connectivity index (χ4n) is 3.73. The molecule has 2 N–H and O–H groups in total. The van der Waals surface area contributed by atoms with Crippen LogP contribution in [-0.2, 0) is 9.53 Å². The first kappa shape index (κ1) is 17.9. The number of morpholine rings is 1. The zero-order valence-corrected chi connectivity index (χ0v) is 15.5. The Bertz CT molecular complexity index is 522. The van der Waals surface area contributed by atoms with Crippen LogP contribution in [0.1, 0.15) is 37.6 Å². The first-order valence-corrected chi connectivity index (χ1v) is 9.91. The molecule has 1 aromatic heterocycles. The summed E-state index contributed by atoms with van der Waals surface area (Å²) in [5.41, 5.74) is 0. The van der Waals surface area contributed by atoms with Crippen LogP contribution in [0.2, 0.25) is 0 Å². The monoisotopic (exact) mass is 351 g/mol. The van der Waals surface area contributed by atoms with Crippen molar-refractivity contribution in [1.82, 2.24) is 15.5 Å². The molecule has 0 aliphatic carbocycles. The fraction of sp³-hybridized carbons (Fsp3) is 0.722. The highest BCUT2D eigenvalue weighted by molar-refractivity contribution is 7.10. The van der Waals surface area contributed by atoms with E-state index < -0.39 is 0 Å². The van der Waals surface area contributed by atoms with Gasteiger partial charge in [-0.15, -0.1) is 11.3 Å². The van der Waals surface area contributed by atoms with Gasteiger partial charge in [-0.25, -0.2) is 0 Å². The van der Waals surface area contributed by atoms with Gasteiger partial charge in [0.1, 0.15) is 0 Å². The Morgan fingerprint density at radius 2 is 2.42 bits per heavy atom. The second kappa shape index (κ2) is 8.43. The zero-order chi connectivity index (χ0) is 16.9. The minimum Gasteiger partial charge on any atom is -0.376 e. The summed E-state index contributed by atoms with van der Waals surface area (Å²) >= 11 is 1.77. The van der Waals surface area contributed by atoms with Gasteiger partial charge in [0.25, 0.3) is 0 Å². The maximum atomic E-state index is 12.6. The first-order chi connectivity index (χ1) is 11.6. The number of hydrogen-bond donors (Lipinski definition) is 2. The van der Waals surface area contributed by atoms with Crippen LogP contribution in [-0.4, -0.2) is 55.7 Å². The number of nitrogens with one attached hydrogen (secondary N) is 2. The molecular formula is C18H29N3O2S. The molecule has 0 radical (unpaired) electrons. The van der Waals surface area contributed by atoms with E-state index in [1.807, 2.05) is 0 Å². The second-order valence-electron chi connectivity index (χ2n) is 7.03. The predicted octanol–water partition coefficient (Wildman–Crippen LogP) is 2.01. The SMILES string of the molecule is CC1CN(C(CNC(=O)[C@H]2CCN[C@@H](C)C2)c2cccs2)CCO1. The van der Waals surface area contributed by atoms with Crippen molar-refractivity contribution in [2.24, 2.45) is 5.92 Å². The van der Waals surface area contributed by atoms with Crippen molar-refractivity contribution >= 4 is 17.2 Å². The number of carbonyl (C=O) groups is 1. The highest BCUT2D eigenvalue weighted by Crippen LogP contribution is 2.27. The van der Waals surface area contributed by atoms with Gasteiger partial charge in [0.15, 0.2) is 0 Å². The van der Waals surface area contributed by atoms with E-state index in [2.05, 4.69) is 46.9 Å². The van der Waals surface area contributed by atoms with Gasteiger partial charge in [0, 0.05) is 36.5 Å². The molecule has 4 atom stereocenters. The smallest absolute Gasteiger partial charge is 0.223 e. The van der Waals surface area contributed by atoms with Crippen molar-refractivity contribution in [2.75, 3.05) is 32.8 Å². The van der Waals surface area contributed by atoms with E-state index in [-0.39, 0.29) is 24.0 Å². The van der Waals surface area contributed by atoms with Crippen molar-refractivity contribution in [3.05, 3.63) is 22.4 Å². The van der Waals surface area contributed by atoms with Crippen LogP contribution in [0, 0.1) is 5.92 Å². The molecule has 0 saturated carbocycles. The lowest BCUT2D eigenvalue weighted by Gasteiger charge is -2.37. The number of amides is 1. The van der Waals surface area contributed by atoms with Gasteiger partial charge < -0.3 is 15.4 Å². The highest BCUT2D eigenvalue weighted by Gasteiger charge is 2.29. The van der Waals surface area contributed by atoms with Crippen molar-refractivity contribution in [3.63, 3.8) is 0 Å². The molecule has 2 aliphatic rings. The van der Waals surface area contributed by atoms with Crippen LogP contribution in [0.25, 0.3) is 0 Å². The lowest BCUT2D eigenvalue weighted by molar-refractivity contribution is -0.126. The zero-order valence-electron chi connectivity index (χ0n) is 14.7. The number of rotatable bonds is 5. The number of ether oxygens (including phenoxy) is 1. The first-order valence-electron chi connectivity index (χ1n) is 9.03. The lowest BCUT2D eigenvalue weighted by Crippen LogP contribution is -2.48. The van der Waals surface area contributed by atoms with Gasteiger partial charge in [0.2, 0.25) is 5.91 Å². The molecule has 1 amide bonds. The summed E-state index contributed by atoms with van der Waals surface area (Å²) in [7, 11) is 0. The van der Waals surface area contributed by atoms with Crippen LogP contribution in [0.3, 0.4) is 0 Å². The summed E-state index contributed by atoms with van der Waals surface area (Å²) in [6.45, 7) is 8.51. The van der Waals surface area contributed by atoms with Gasteiger partial charge in [-0.05, 0) is 44.7 Å². The van der Waals surface area contributed by atoms with E-state index in [4.69, 9.17) is 4.74 Å².